The monoisotopic (exact) mass is 245 g/mol. The number of para-hydroxylation sites is 1. The Labute approximate surface area is 104 Å². The molecule has 0 saturated carbocycles. The number of carbonyl (C=O) groups excluding carboxylic acids is 1. The van der Waals surface area contributed by atoms with Gasteiger partial charge in [0.2, 0.25) is 0 Å². The molecule has 0 aliphatic carbocycles. The number of halogens is 1. The van der Waals surface area contributed by atoms with Gasteiger partial charge in [-0.1, -0.05) is 12.1 Å². The van der Waals surface area contributed by atoms with E-state index in [9.17, 15) is 9.18 Å². The van der Waals surface area contributed by atoms with Gasteiger partial charge in [0.25, 0.3) is 0 Å². The Kier molecular flexibility index (Phi) is 3.67. The van der Waals surface area contributed by atoms with Crippen LogP contribution in [0.3, 0.4) is 0 Å². The van der Waals surface area contributed by atoms with E-state index in [1.807, 2.05) is 6.92 Å². The van der Waals surface area contributed by atoms with E-state index in [0.29, 0.717) is 17.9 Å². The predicted octanol–water partition coefficient (Wildman–Crippen LogP) is 2.85. The zero-order chi connectivity index (χ0) is 13.0. The number of hydrogen-bond donors (Lipinski definition) is 0. The Morgan fingerprint density at radius 2 is 2.11 bits per heavy atom. The molecular weight excluding hydrogens is 233 g/mol. The molecule has 3 nitrogen and oxygen atoms in total. The number of hydrogen-bond acceptors (Lipinski definition) is 3. The highest BCUT2D eigenvalue weighted by atomic mass is 19.1. The summed E-state index contributed by atoms with van der Waals surface area (Å²) in [5, 5.41) is 0. The fraction of sp³-hybridized carbons (Fsp3) is 0.143. The summed E-state index contributed by atoms with van der Waals surface area (Å²) in [7, 11) is 0. The lowest BCUT2D eigenvalue weighted by Gasteiger charge is -2.08. The Bertz CT molecular complexity index is 569. The predicted molar refractivity (Wildman–Crippen MR) is 65.2 cm³/mol. The molecule has 0 bridgehead atoms. The fourth-order valence-electron chi connectivity index (χ4n) is 1.63. The lowest BCUT2D eigenvalue weighted by Crippen LogP contribution is -2.06. The summed E-state index contributed by atoms with van der Waals surface area (Å²) < 4.78 is 18.4. The minimum Gasteiger partial charge on any atom is -0.493 e. The molecule has 18 heavy (non-hydrogen) atoms. The maximum absolute atomic E-state index is 13.0. The second-order valence-electron chi connectivity index (χ2n) is 3.65. The van der Waals surface area contributed by atoms with Crippen molar-refractivity contribution in [3.8, 4) is 5.75 Å². The van der Waals surface area contributed by atoms with Gasteiger partial charge >= 0.3 is 0 Å². The van der Waals surface area contributed by atoms with E-state index >= 15 is 0 Å². The Morgan fingerprint density at radius 1 is 1.33 bits per heavy atom. The number of ketones is 1. The van der Waals surface area contributed by atoms with Crippen LogP contribution in [-0.2, 0) is 0 Å². The van der Waals surface area contributed by atoms with E-state index in [0.717, 1.165) is 12.3 Å². The average molecular weight is 245 g/mol. The minimum absolute atomic E-state index is 0.210. The van der Waals surface area contributed by atoms with E-state index in [2.05, 4.69) is 4.98 Å². The molecule has 0 unspecified atom stereocenters. The first-order valence-corrected chi connectivity index (χ1v) is 5.59. The lowest BCUT2D eigenvalue weighted by molar-refractivity contribution is 0.103. The summed E-state index contributed by atoms with van der Waals surface area (Å²) in [4.78, 5) is 15.9. The van der Waals surface area contributed by atoms with Crippen molar-refractivity contribution in [1.82, 2.24) is 4.98 Å². The summed E-state index contributed by atoms with van der Waals surface area (Å²) in [6.45, 7) is 2.30. The number of aromatic nitrogens is 1. The van der Waals surface area contributed by atoms with Gasteiger partial charge in [0, 0.05) is 11.8 Å². The highest BCUT2D eigenvalue weighted by Crippen LogP contribution is 2.21. The molecule has 0 saturated heterocycles. The molecule has 0 amide bonds. The average Bonchev–Trinajstić information content (AvgIpc) is 2.39. The van der Waals surface area contributed by atoms with Gasteiger partial charge in [0.15, 0.2) is 5.78 Å². The van der Waals surface area contributed by atoms with E-state index in [-0.39, 0.29) is 11.3 Å². The van der Waals surface area contributed by atoms with Crippen LogP contribution in [0.15, 0.2) is 42.7 Å². The van der Waals surface area contributed by atoms with Crippen LogP contribution in [0.1, 0.15) is 22.8 Å². The van der Waals surface area contributed by atoms with Crippen LogP contribution in [0.25, 0.3) is 0 Å². The van der Waals surface area contributed by atoms with Crippen LogP contribution in [0.2, 0.25) is 0 Å². The number of ether oxygens (including phenoxy) is 1. The van der Waals surface area contributed by atoms with Crippen molar-refractivity contribution in [3.05, 3.63) is 59.7 Å². The maximum atomic E-state index is 13.0. The molecule has 2 aromatic rings. The maximum Gasteiger partial charge on any atom is 0.198 e. The largest absolute Gasteiger partial charge is 0.493 e. The molecule has 0 fully saturated rings. The van der Waals surface area contributed by atoms with Crippen LogP contribution in [0.4, 0.5) is 4.39 Å². The van der Waals surface area contributed by atoms with Crippen LogP contribution in [-0.4, -0.2) is 17.4 Å². The third kappa shape index (κ3) is 2.53. The summed E-state index contributed by atoms with van der Waals surface area (Å²) in [6.07, 6.45) is 2.40. The second-order valence-corrected chi connectivity index (χ2v) is 3.65. The van der Waals surface area contributed by atoms with Gasteiger partial charge in [0.1, 0.15) is 11.6 Å². The van der Waals surface area contributed by atoms with Crippen molar-refractivity contribution >= 4 is 5.78 Å². The summed E-state index contributed by atoms with van der Waals surface area (Å²) in [5.41, 5.74) is 0.619. The molecule has 0 aliphatic rings. The molecule has 92 valence electrons. The smallest absolute Gasteiger partial charge is 0.198 e. The topological polar surface area (TPSA) is 39.2 Å². The van der Waals surface area contributed by atoms with Crippen molar-refractivity contribution in [2.24, 2.45) is 0 Å². The van der Waals surface area contributed by atoms with Crippen LogP contribution in [0, 0.1) is 5.82 Å². The highest BCUT2D eigenvalue weighted by Gasteiger charge is 2.14. The molecule has 1 heterocycles. The van der Waals surface area contributed by atoms with Crippen LogP contribution >= 0.6 is 0 Å². The first-order valence-electron chi connectivity index (χ1n) is 5.59. The Morgan fingerprint density at radius 3 is 2.83 bits per heavy atom. The molecule has 0 radical (unpaired) electrons. The molecule has 0 atom stereocenters. The van der Waals surface area contributed by atoms with Gasteiger partial charge < -0.3 is 4.74 Å². The first-order chi connectivity index (χ1) is 8.72. The van der Waals surface area contributed by atoms with Crippen LogP contribution < -0.4 is 4.74 Å². The Hall–Kier alpha value is -2.23. The molecule has 0 N–H and O–H groups in total. The zero-order valence-electron chi connectivity index (χ0n) is 9.89. The third-order valence-corrected chi connectivity index (χ3v) is 2.40. The highest BCUT2D eigenvalue weighted by molar-refractivity contribution is 6.10. The van der Waals surface area contributed by atoms with Crippen molar-refractivity contribution in [3.63, 3.8) is 0 Å². The number of pyridine rings is 1. The molecule has 2 rings (SSSR count). The van der Waals surface area contributed by atoms with Crippen molar-refractivity contribution in [2.45, 2.75) is 6.92 Å². The zero-order valence-corrected chi connectivity index (χ0v) is 9.89. The molecular formula is C14H12FNO2. The van der Waals surface area contributed by atoms with Gasteiger partial charge in [-0.15, -0.1) is 0 Å². The number of nitrogens with zero attached hydrogens (tertiary/aromatic N) is 1. The standard InChI is InChI=1S/C14H12FNO2/c1-2-18-13-6-4-3-5-12(13)14(17)10-7-11(15)9-16-8-10/h3-9H,2H2,1H3. The summed E-state index contributed by atoms with van der Waals surface area (Å²) in [5.74, 6) is -0.338. The van der Waals surface area contributed by atoms with Crippen molar-refractivity contribution in [2.75, 3.05) is 6.61 Å². The van der Waals surface area contributed by atoms with Crippen molar-refractivity contribution < 1.29 is 13.9 Å². The Balaban J connectivity index is 2.40. The molecule has 4 heteroatoms. The lowest BCUT2D eigenvalue weighted by atomic mass is 10.0. The summed E-state index contributed by atoms with van der Waals surface area (Å²) >= 11 is 0. The number of benzene rings is 1. The minimum atomic E-state index is -0.533. The quantitative estimate of drug-likeness (QED) is 0.777. The third-order valence-electron chi connectivity index (χ3n) is 2.40. The summed E-state index contributed by atoms with van der Waals surface area (Å²) in [6, 6.07) is 8.05. The first kappa shape index (κ1) is 12.2. The van der Waals surface area contributed by atoms with E-state index in [1.54, 1.807) is 24.3 Å². The van der Waals surface area contributed by atoms with E-state index in [1.165, 1.54) is 6.20 Å². The van der Waals surface area contributed by atoms with Gasteiger partial charge in [0.05, 0.1) is 18.4 Å². The molecule has 1 aromatic heterocycles. The van der Waals surface area contributed by atoms with Gasteiger partial charge in [-0.25, -0.2) is 4.39 Å². The SMILES string of the molecule is CCOc1ccccc1C(=O)c1cncc(F)c1. The molecule has 0 spiro atoms. The number of rotatable bonds is 4. The molecule has 1 aromatic carbocycles. The fourth-order valence-corrected chi connectivity index (χ4v) is 1.63. The second kappa shape index (κ2) is 5.40. The number of carbonyl (C=O) groups is 1. The van der Waals surface area contributed by atoms with E-state index in [4.69, 9.17) is 4.74 Å². The van der Waals surface area contributed by atoms with Gasteiger partial charge in [-0.05, 0) is 25.1 Å². The van der Waals surface area contributed by atoms with E-state index < -0.39 is 5.82 Å². The van der Waals surface area contributed by atoms with Crippen LogP contribution in [0.5, 0.6) is 5.75 Å². The molecule has 0 aliphatic heterocycles. The van der Waals surface area contributed by atoms with Gasteiger partial charge in [-0.2, -0.15) is 0 Å². The van der Waals surface area contributed by atoms with Gasteiger partial charge in [-0.3, -0.25) is 9.78 Å². The van der Waals surface area contributed by atoms with Crippen molar-refractivity contribution in [1.29, 1.82) is 0 Å². The normalized spacial score (nSPS) is 10.1.